The standard InChI is InChI=1S/C21H22N4O4/c1-4-19-23-24(12-20(26)22-11-14-9-8-13(2)29-14)21(27)17-10-15-16(25(17)19)6-5-7-18(15)28-3/h5-10H,4,11-12H2,1-3H3,(H,22,26). The molecule has 0 unspecified atom stereocenters. The van der Waals surface area contributed by atoms with Crippen LogP contribution in [-0.4, -0.2) is 27.2 Å². The molecule has 0 aliphatic carbocycles. The Balaban J connectivity index is 1.69. The number of hydrogen-bond acceptors (Lipinski definition) is 5. The van der Waals surface area contributed by atoms with Gasteiger partial charge in [-0.15, -0.1) is 0 Å². The average Bonchev–Trinajstić information content (AvgIpc) is 3.32. The molecule has 4 aromatic rings. The van der Waals surface area contributed by atoms with Crippen molar-refractivity contribution in [1.29, 1.82) is 0 Å². The lowest BCUT2D eigenvalue weighted by atomic mass is 10.2. The Bertz CT molecular complexity index is 1270. The Hall–Kier alpha value is -3.55. The van der Waals surface area contributed by atoms with Crippen LogP contribution in [-0.2, 0) is 24.3 Å². The summed E-state index contributed by atoms with van der Waals surface area (Å²) in [4.78, 5) is 25.4. The molecular formula is C21H22N4O4. The van der Waals surface area contributed by atoms with E-state index in [-0.39, 0.29) is 24.6 Å². The molecule has 3 aromatic heterocycles. The summed E-state index contributed by atoms with van der Waals surface area (Å²) in [6.07, 6.45) is 0.602. The third kappa shape index (κ3) is 3.37. The molecule has 0 aliphatic rings. The molecule has 0 fully saturated rings. The summed E-state index contributed by atoms with van der Waals surface area (Å²) in [7, 11) is 1.60. The quantitative estimate of drug-likeness (QED) is 0.542. The van der Waals surface area contributed by atoms with Crippen molar-refractivity contribution in [3.05, 3.63) is 64.1 Å². The lowest BCUT2D eigenvalue weighted by molar-refractivity contribution is -0.122. The molecule has 4 rings (SSSR count). The van der Waals surface area contributed by atoms with Crippen molar-refractivity contribution in [3.8, 4) is 5.75 Å². The predicted octanol–water partition coefficient (Wildman–Crippen LogP) is 2.44. The smallest absolute Gasteiger partial charge is 0.291 e. The van der Waals surface area contributed by atoms with Crippen LogP contribution in [0.15, 0.2) is 45.6 Å². The summed E-state index contributed by atoms with van der Waals surface area (Å²) < 4.78 is 13.9. The van der Waals surface area contributed by atoms with Crippen LogP contribution in [0.4, 0.5) is 0 Å². The Kier molecular flexibility index (Phi) is 4.84. The van der Waals surface area contributed by atoms with Gasteiger partial charge in [0.2, 0.25) is 5.91 Å². The number of aromatic nitrogens is 3. The number of ether oxygens (including phenoxy) is 1. The second kappa shape index (κ2) is 7.46. The second-order valence-corrected chi connectivity index (χ2v) is 6.78. The zero-order valence-corrected chi connectivity index (χ0v) is 16.6. The average molecular weight is 394 g/mol. The number of nitrogens with zero attached hydrogens (tertiary/aromatic N) is 3. The van der Waals surface area contributed by atoms with Gasteiger partial charge in [-0.25, -0.2) is 4.68 Å². The normalized spacial score (nSPS) is 11.3. The molecule has 0 aliphatic heterocycles. The minimum atomic E-state index is -0.329. The van der Waals surface area contributed by atoms with Gasteiger partial charge in [-0.2, -0.15) is 5.10 Å². The third-order valence-electron chi connectivity index (χ3n) is 4.84. The number of benzene rings is 1. The number of carbonyl (C=O) groups is 1. The van der Waals surface area contributed by atoms with Crippen LogP contribution in [0.3, 0.4) is 0 Å². The van der Waals surface area contributed by atoms with Crippen molar-refractivity contribution >= 4 is 22.3 Å². The zero-order chi connectivity index (χ0) is 20.5. The van der Waals surface area contributed by atoms with Crippen molar-refractivity contribution in [2.75, 3.05) is 7.11 Å². The first-order chi connectivity index (χ1) is 14.0. The van der Waals surface area contributed by atoms with E-state index >= 15 is 0 Å². The number of carbonyl (C=O) groups excluding carboxylic acids is 1. The van der Waals surface area contributed by atoms with Crippen molar-refractivity contribution in [1.82, 2.24) is 19.5 Å². The molecule has 0 atom stereocenters. The minimum Gasteiger partial charge on any atom is -0.496 e. The summed E-state index contributed by atoms with van der Waals surface area (Å²) in [5.41, 5.74) is 0.987. The number of methoxy groups -OCH3 is 1. The molecule has 3 heterocycles. The van der Waals surface area contributed by atoms with Gasteiger partial charge in [-0.05, 0) is 37.3 Å². The van der Waals surface area contributed by atoms with Crippen LogP contribution >= 0.6 is 0 Å². The highest BCUT2D eigenvalue weighted by molar-refractivity contribution is 5.92. The molecule has 1 amide bonds. The maximum absolute atomic E-state index is 13.0. The maximum Gasteiger partial charge on any atom is 0.291 e. The highest BCUT2D eigenvalue weighted by Gasteiger charge is 2.17. The fraction of sp³-hybridized carbons (Fsp3) is 0.286. The van der Waals surface area contributed by atoms with Gasteiger partial charge in [0.15, 0.2) is 0 Å². The van der Waals surface area contributed by atoms with Gasteiger partial charge in [0, 0.05) is 11.8 Å². The molecule has 0 radical (unpaired) electrons. The maximum atomic E-state index is 13.0. The van der Waals surface area contributed by atoms with E-state index < -0.39 is 0 Å². The predicted molar refractivity (Wildman–Crippen MR) is 108 cm³/mol. The van der Waals surface area contributed by atoms with E-state index in [1.165, 1.54) is 4.68 Å². The number of fused-ring (bicyclic) bond motifs is 3. The highest BCUT2D eigenvalue weighted by atomic mass is 16.5. The van der Waals surface area contributed by atoms with E-state index in [0.29, 0.717) is 29.3 Å². The second-order valence-electron chi connectivity index (χ2n) is 6.78. The summed E-state index contributed by atoms with van der Waals surface area (Å²) in [6, 6.07) is 11.1. The van der Waals surface area contributed by atoms with Crippen molar-refractivity contribution in [2.24, 2.45) is 0 Å². The molecule has 8 heteroatoms. The molecule has 0 saturated carbocycles. The van der Waals surface area contributed by atoms with Gasteiger partial charge in [0.05, 0.1) is 19.2 Å². The van der Waals surface area contributed by atoms with Crippen LogP contribution in [0.1, 0.15) is 24.3 Å². The fourth-order valence-electron chi connectivity index (χ4n) is 3.47. The Morgan fingerprint density at radius 3 is 2.76 bits per heavy atom. The first-order valence-corrected chi connectivity index (χ1v) is 9.42. The van der Waals surface area contributed by atoms with Crippen LogP contribution in [0.2, 0.25) is 0 Å². The molecular weight excluding hydrogens is 372 g/mol. The summed E-state index contributed by atoms with van der Waals surface area (Å²) in [6.45, 7) is 3.89. The van der Waals surface area contributed by atoms with Crippen LogP contribution in [0.5, 0.6) is 5.75 Å². The Labute approximate surface area is 166 Å². The number of rotatable bonds is 6. The van der Waals surface area contributed by atoms with E-state index in [4.69, 9.17) is 9.15 Å². The molecule has 1 N–H and O–H groups in total. The van der Waals surface area contributed by atoms with Crippen LogP contribution in [0, 0.1) is 6.92 Å². The molecule has 0 bridgehead atoms. The van der Waals surface area contributed by atoms with E-state index in [9.17, 15) is 9.59 Å². The zero-order valence-electron chi connectivity index (χ0n) is 16.6. The van der Waals surface area contributed by atoms with Crippen LogP contribution < -0.4 is 15.6 Å². The van der Waals surface area contributed by atoms with Gasteiger partial charge < -0.3 is 14.5 Å². The van der Waals surface area contributed by atoms with Crippen LogP contribution in [0.25, 0.3) is 16.4 Å². The topological polar surface area (TPSA) is 90.8 Å². The first-order valence-electron chi connectivity index (χ1n) is 9.42. The number of hydrogen-bond donors (Lipinski definition) is 1. The highest BCUT2D eigenvalue weighted by Crippen LogP contribution is 2.28. The number of nitrogens with one attached hydrogen (secondary N) is 1. The van der Waals surface area contributed by atoms with Crippen molar-refractivity contribution in [2.45, 2.75) is 33.4 Å². The number of amides is 1. The Morgan fingerprint density at radius 1 is 1.24 bits per heavy atom. The van der Waals surface area contributed by atoms with Gasteiger partial charge >= 0.3 is 0 Å². The van der Waals surface area contributed by atoms with Crippen molar-refractivity contribution < 1.29 is 13.9 Å². The largest absolute Gasteiger partial charge is 0.496 e. The third-order valence-corrected chi connectivity index (χ3v) is 4.84. The fourth-order valence-corrected chi connectivity index (χ4v) is 3.47. The van der Waals surface area contributed by atoms with E-state index in [1.807, 2.05) is 42.5 Å². The molecule has 150 valence electrons. The Morgan fingerprint density at radius 2 is 2.07 bits per heavy atom. The van der Waals surface area contributed by atoms with Gasteiger partial charge in [-0.3, -0.25) is 14.0 Å². The lowest BCUT2D eigenvalue weighted by Gasteiger charge is -2.10. The summed E-state index contributed by atoms with van der Waals surface area (Å²) in [5, 5.41) is 8.03. The SMILES string of the molecule is CCc1nn(CC(=O)NCc2ccc(C)o2)c(=O)c2cc3c(OC)cccc3n12. The molecule has 0 saturated heterocycles. The molecule has 1 aromatic carbocycles. The van der Waals surface area contributed by atoms with E-state index in [1.54, 1.807) is 19.2 Å². The van der Waals surface area contributed by atoms with E-state index in [0.717, 1.165) is 16.7 Å². The minimum absolute atomic E-state index is 0.166. The van der Waals surface area contributed by atoms with Crippen molar-refractivity contribution in [3.63, 3.8) is 0 Å². The monoisotopic (exact) mass is 394 g/mol. The van der Waals surface area contributed by atoms with Gasteiger partial charge in [-0.1, -0.05) is 13.0 Å². The number of furan rings is 1. The number of aryl methyl sites for hydroxylation is 2. The molecule has 0 spiro atoms. The summed E-state index contributed by atoms with van der Waals surface area (Å²) in [5.74, 6) is 2.50. The molecule has 29 heavy (non-hydrogen) atoms. The molecule has 8 nitrogen and oxygen atoms in total. The van der Waals surface area contributed by atoms with Gasteiger partial charge in [0.1, 0.15) is 35.2 Å². The van der Waals surface area contributed by atoms with E-state index in [2.05, 4.69) is 10.4 Å². The lowest BCUT2D eigenvalue weighted by Crippen LogP contribution is -2.35. The summed E-state index contributed by atoms with van der Waals surface area (Å²) >= 11 is 0. The van der Waals surface area contributed by atoms with Gasteiger partial charge in [0.25, 0.3) is 5.56 Å². The first kappa shape index (κ1) is 18.8.